The van der Waals surface area contributed by atoms with E-state index >= 15 is 0 Å². The highest BCUT2D eigenvalue weighted by atomic mass is 32.2. The van der Waals surface area contributed by atoms with Crippen molar-refractivity contribution in [2.45, 2.75) is 37.9 Å². The molecule has 94 valence electrons. The van der Waals surface area contributed by atoms with Crippen LogP contribution < -0.4 is 5.32 Å². The van der Waals surface area contributed by atoms with Gasteiger partial charge in [-0.15, -0.1) is 0 Å². The lowest BCUT2D eigenvalue weighted by Gasteiger charge is -2.34. The molecule has 2 aliphatic rings. The van der Waals surface area contributed by atoms with Gasteiger partial charge < -0.3 is 5.32 Å². The third-order valence-corrected chi connectivity index (χ3v) is 6.11. The summed E-state index contributed by atoms with van der Waals surface area (Å²) in [6.45, 7) is 5.24. The highest BCUT2D eigenvalue weighted by Gasteiger charge is 2.34. The Morgan fingerprint density at radius 1 is 1.19 bits per heavy atom. The standard InChI is InChI=1S/C11H22N2O2S/c1-10-4-7-13(8-5-10)16(14,15)11-3-2-6-12-9-11/h10-12H,2-9H2,1H3. The lowest BCUT2D eigenvalue weighted by molar-refractivity contribution is 0.283. The van der Waals surface area contributed by atoms with Crippen LogP contribution in [0, 0.1) is 5.92 Å². The molecule has 16 heavy (non-hydrogen) atoms. The van der Waals surface area contributed by atoms with E-state index in [1.807, 2.05) is 0 Å². The Kier molecular flexibility index (Phi) is 3.87. The molecule has 1 atom stereocenters. The molecule has 0 bridgehead atoms. The van der Waals surface area contributed by atoms with E-state index in [1.54, 1.807) is 4.31 Å². The average Bonchev–Trinajstić information content (AvgIpc) is 2.31. The third-order valence-electron chi connectivity index (χ3n) is 3.78. The van der Waals surface area contributed by atoms with Crippen molar-refractivity contribution < 1.29 is 8.42 Å². The minimum atomic E-state index is -3.04. The number of nitrogens with one attached hydrogen (secondary N) is 1. The quantitative estimate of drug-likeness (QED) is 0.784. The van der Waals surface area contributed by atoms with Crippen molar-refractivity contribution in [1.29, 1.82) is 0 Å². The molecule has 2 aliphatic heterocycles. The Morgan fingerprint density at radius 3 is 2.44 bits per heavy atom. The Morgan fingerprint density at radius 2 is 1.88 bits per heavy atom. The van der Waals surface area contributed by atoms with Gasteiger partial charge in [0.15, 0.2) is 0 Å². The van der Waals surface area contributed by atoms with Crippen LogP contribution in [0.25, 0.3) is 0 Å². The fourth-order valence-corrected chi connectivity index (χ4v) is 4.46. The van der Waals surface area contributed by atoms with E-state index in [-0.39, 0.29) is 5.25 Å². The molecule has 0 aromatic heterocycles. The number of sulfonamides is 1. The van der Waals surface area contributed by atoms with Crippen LogP contribution in [0.2, 0.25) is 0 Å². The molecule has 5 heteroatoms. The molecule has 0 aromatic rings. The molecule has 2 saturated heterocycles. The van der Waals surface area contributed by atoms with E-state index in [0.29, 0.717) is 12.5 Å². The number of hydrogen-bond donors (Lipinski definition) is 1. The summed E-state index contributed by atoms with van der Waals surface area (Å²) in [7, 11) is -3.04. The normalized spacial score (nSPS) is 30.4. The van der Waals surface area contributed by atoms with Gasteiger partial charge in [-0.2, -0.15) is 0 Å². The number of hydrogen-bond acceptors (Lipinski definition) is 3. The highest BCUT2D eigenvalue weighted by Crippen LogP contribution is 2.23. The summed E-state index contributed by atoms with van der Waals surface area (Å²) in [6.07, 6.45) is 3.83. The number of rotatable bonds is 2. The summed E-state index contributed by atoms with van der Waals surface area (Å²) in [4.78, 5) is 0. The van der Waals surface area contributed by atoms with Crippen molar-refractivity contribution in [2.24, 2.45) is 5.92 Å². The molecule has 0 spiro atoms. The summed E-state index contributed by atoms with van der Waals surface area (Å²) >= 11 is 0. The Bertz CT molecular complexity index is 315. The van der Waals surface area contributed by atoms with Gasteiger partial charge in [-0.1, -0.05) is 6.92 Å². The molecule has 1 unspecified atom stereocenters. The first kappa shape index (κ1) is 12.3. The first-order chi connectivity index (χ1) is 7.60. The largest absolute Gasteiger partial charge is 0.315 e. The second kappa shape index (κ2) is 5.02. The van der Waals surface area contributed by atoms with E-state index in [9.17, 15) is 8.42 Å². The van der Waals surface area contributed by atoms with Gasteiger partial charge in [0.05, 0.1) is 5.25 Å². The molecular formula is C11H22N2O2S. The summed E-state index contributed by atoms with van der Waals surface area (Å²) in [6, 6.07) is 0. The van der Waals surface area contributed by atoms with Crippen molar-refractivity contribution in [1.82, 2.24) is 9.62 Å². The maximum absolute atomic E-state index is 12.3. The van der Waals surface area contributed by atoms with Crippen LogP contribution in [-0.2, 0) is 10.0 Å². The molecule has 0 amide bonds. The molecule has 2 rings (SSSR count). The molecule has 1 N–H and O–H groups in total. The third kappa shape index (κ3) is 2.57. The second-order valence-corrected chi connectivity index (χ2v) is 7.31. The van der Waals surface area contributed by atoms with E-state index in [4.69, 9.17) is 0 Å². The van der Waals surface area contributed by atoms with Crippen LogP contribution in [-0.4, -0.2) is 44.2 Å². The van der Waals surface area contributed by atoms with Gasteiger partial charge in [-0.3, -0.25) is 0 Å². The molecule has 0 saturated carbocycles. The van der Waals surface area contributed by atoms with Crippen molar-refractivity contribution in [3.63, 3.8) is 0 Å². The number of nitrogens with zero attached hydrogens (tertiary/aromatic N) is 1. The summed E-state index contributed by atoms with van der Waals surface area (Å²) < 4.78 is 26.4. The monoisotopic (exact) mass is 246 g/mol. The van der Waals surface area contributed by atoms with E-state index in [2.05, 4.69) is 12.2 Å². The number of piperidine rings is 2. The zero-order valence-corrected chi connectivity index (χ0v) is 10.8. The van der Waals surface area contributed by atoms with Crippen LogP contribution in [0.3, 0.4) is 0 Å². The van der Waals surface area contributed by atoms with Crippen LogP contribution in [0.1, 0.15) is 32.6 Å². The van der Waals surface area contributed by atoms with Crippen LogP contribution in [0.4, 0.5) is 0 Å². The van der Waals surface area contributed by atoms with Crippen molar-refractivity contribution in [2.75, 3.05) is 26.2 Å². The summed E-state index contributed by atoms with van der Waals surface area (Å²) in [5, 5.41) is 3.00. The predicted molar refractivity (Wildman–Crippen MR) is 64.8 cm³/mol. The van der Waals surface area contributed by atoms with Crippen LogP contribution in [0.5, 0.6) is 0 Å². The minimum Gasteiger partial charge on any atom is -0.315 e. The van der Waals surface area contributed by atoms with Gasteiger partial charge in [0, 0.05) is 19.6 Å². The van der Waals surface area contributed by atoms with Crippen LogP contribution in [0.15, 0.2) is 0 Å². The first-order valence-electron chi connectivity index (χ1n) is 6.30. The van der Waals surface area contributed by atoms with Gasteiger partial charge in [0.2, 0.25) is 10.0 Å². The smallest absolute Gasteiger partial charge is 0.218 e. The SMILES string of the molecule is CC1CCN(S(=O)(=O)C2CCCNC2)CC1. The average molecular weight is 246 g/mol. The topological polar surface area (TPSA) is 49.4 Å². The van der Waals surface area contributed by atoms with E-state index in [1.165, 1.54) is 0 Å². The lowest BCUT2D eigenvalue weighted by Crippen LogP contribution is -2.48. The predicted octanol–water partition coefficient (Wildman–Crippen LogP) is 0.800. The Hall–Kier alpha value is -0.130. The molecule has 4 nitrogen and oxygen atoms in total. The molecule has 0 aromatic carbocycles. The van der Waals surface area contributed by atoms with Gasteiger partial charge in [-0.25, -0.2) is 12.7 Å². The fraction of sp³-hybridized carbons (Fsp3) is 1.00. The minimum absolute atomic E-state index is 0.186. The van der Waals surface area contributed by atoms with E-state index in [0.717, 1.165) is 45.3 Å². The highest BCUT2D eigenvalue weighted by molar-refractivity contribution is 7.89. The summed E-state index contributed by atoms with van der Waals surface area (Å²) in [5.41, 5.74) is 0. The fourth-order valence-electron chi connectivity index (χ4n) is 2.52. The van der Waals surface area contributed by atoms with Crippen molar-refractivity contribution in [3.05, 3.63) is 0 Å². The van der Waals surface area contributed by atoms with Gasteiger partial charge in [0.25, 0.3) is 0 Å². The Balaban J connectivity index is 2.00. The zero-order valence-electron chi connectivity index (χ0n) is 9.98. The van der Waals surface area contributed by atoms with Crippen molar-refractivity contribution >= 4 is 10.0 Å². The molecular weight excluding hydrogens is 224 g/mol. The maximum atomic E-state index is 12.3. The molecule has 0 aliphatic carbocycles. The van der Waals surface area contributed by atoms with Crippen LogP contribution >= 0.6 is 0 Å². The van der Waals surface area contributed by atoms with E-state index < -0.39 is 10.0 Å². The molecule has 2 fully saturated rings. The summed E-state index contributed by atoms with van der Waals surface area (Å²) in [5.74, 6) is 0.677. The van der Waals surface area contributed by atoms with Gasteiger partial charge >= 0.3 is 0 Å². The van der Waals surface area contributed by atoms with Crippen molar-refractivity contribution in [3.8, 4) is 0 Å². The maximum Gasteiger partial charge on any atom is 0.218 e. The second-order valence-electron chi connectivity index (χ2n) is 5.09. The Labute approximate surface area is 98.4 Å². The van der Waals surface area contributed by atoms with Gasteiger partial charge in [0.1, 0.15) is 0 Å². The lowest BCUT2D eigenvalue weighted by atomic mass is 10.0. The molecule has 2 heterocycles. The zero-order chi connectivity index (χ0) is 11.6. The van der Waals surface area contributed by atoms with Gasteiger partial charge in [-0.05, 0) is 38.1 Å². The molecule has 0 radical (unpaired) electrons. The first-order valence-corrected chi connectivity index (χ1v) is 7.80.